The molecule has 1 heterocycles. The lowest BCUT2D eigenvalue weighted by Crippen LogP contribution is -2.43. The van der Waals surface area contributed by atoms with Crippen LogP contribution in [0.2, 0.25) is 0 Å². The number of rotatable bonds is 4. The Morgan fingerprint density at radius 1 is 1.17 bits per heavy atom. The van der Waals surface area contributed by atoms with Crippen LogP contribution >= 0.6 is 0 Å². The topological polar surface area (TPSA) is 61.4 Å². The Balaban J connectivity index is 1.53. The molecule has 6 heteroatoms. The monoisotopic (exact) mass is 327 g/mol. The van der Waals surface area contributed by atoms with E-state index < -0.39 is 5.82 Å². The molecule has 2 aromatic rings. The maximum absolute atomic E-state index is 13.3. The Morgan fingerprint density at radius 3 is 2.71 bits per heavy atom. The van der Waals surface area contributed by atoms with E-state index in [0.717, 1.165) is 5.56 Å². The van der Waals surface area contributed by atoms with Crippen LogP contribution in [0.15, 0.2) is 54.6 Å². The number of nitrogens with one attached hydrogen (secondary N) is 2. The zero-order valence-corrected chi connectivity index (χ0v) is 13.0. The van der Waals surface area contributed by atoms with Crippen LogP contribution < -0.4 is 15.5 Å². The first kappa shape index (κ1) is 16.0. The van der Waals surface area contributed by atoms with E-state index in [4.69, 9.17) is 0 Å². The smallest absolute Gasteiger partial charge is 0.315 e. The van der Waals surface area contributed by atoms with Gasteiger partial charge in [-0.3, -0.25) is 4.79 Å². The Hall–Kier alpha value is -2.89. The summed E-state index contributed by atoms with van der Waals surface area (Å²) in [5.41, 5.74) is 1.51. The van der Waals surface area contributed by atoms with Gasteiger partial charge in [-0.15, -0.1) is 0 Å². The summed E-state index contributed by atoms with van der Waals surface area (Å²) in [6.07, 6.45) is 0.204. The number of carbonyl (C=O) groups is 2. The Morgan fingerprint density at radius 2 is 1.96 bits per heavy atom. The van der Waals surface area contributed by atoms with Crippen molar-refractivity contribution in [3.63, 3.8) is 0 Å². The molecule has 1 saturated heterocycles. The van der Waals surface area contributed by atoms with E-state index in [1.807, 2.05) is 30.3 Å². The molecule has 0 radical (unpaired) electrons. The van der Waals surface area contributed by atoms with Crippen molar-refractivity contribution in [3.05, 3.63) is 66.0 Å². The molecule has 0 saturated carbocycles. The van der Waals surface area contributed by atoms with E-state index >= 15 is 0 Å². The average Bonchev–Trinajstić information content (AvgIpc) is 2.94. The van der Waals surface area contributed by atoms with E-state index in [1.54, 1.807) is 12.1 Å². The molecule has 1 atom stereocenters. The third-order valence-electron chi connectivity index (χ3n) is 3.88. The minimum atomic E-state index is -0.391. The second-order valence-corrected chi connectivity index (χ2v) is 5.70. The fourth-order valence-corrected chi connectivity index (χ4v) is 2.71. The minimum Gasteiger partial charge on any atom is -0.334 e. The van der Waals surface area contributed by atoms with Crippen molar-refractivity contribution < 1.29 is 14.0 Å². The van der Waals surface area contributed by atoms with Gasteiger partial charge in [0, 0.05) is 25.2 Å². The summed E-state index contributed by atoms with van der Waals surface area (Å²) in [7, 11) is 0. The molecule has 124 valence electrons. The van der Waals surface area contributed by atoms with Crippen molar-refractivity contribution in [1.82, 2.24) is 10.6 Å². The second-order valence-electron chi connectivity index (χ2n) is 5.70. The molecule has 0 unspecified atom stereocenters. The van der Waals surface area contributed by atoms with Crippen molar-refractivity contribution in [2.45, 2.75) is 19.0 Å². The van der Waals surface area contributed by atoms with Crippen LogP contribution in [0.3, 0.4) is 0 Å². The van der Waals surface area contributed by atoms with Gasteiger partial charge < -0.3 is 15.5 Å². The zero-order valence-electron chi connectivity index (χ0n) is 13.0. The van der Waals surface area contributed by atoms with Gasteiger partial charge in [-0.2, -0.15) is 0 Å². The molecule has 0 aliphatic carbocycles. The number of benzene rings is 2. The van der Waals surface area contributed by atoms with Crippen LogP contribution in [-0.2, 0) is 11.3 Å². The first-order chi connectivity index (χ1) is 11.6. The number of amides is 3. The quantitative estimate of drug-likeness (QED) is 0.906. The van der Waals surface area contributed by atoms with Gasteiger partial charge in [0.05, 0.1) is 6.04 Å². The summed E-state index contributed by atoms with van der Waals surface area (Å²) in [6.45, 7) is 0.752. The normalized spacial score (nSPS) is 17.0. The van der Waals surface area contributed by atoms with Crippen LogP contribution in [0.25, 0.3) is 0 Å². The van der Waals surface area contributed by atoms with Gasteiger partial charge in [-0.05, 0) is 23.8 Å². The lowest BCUT2D eigenvalue weighted by molar-refractivity contribution is -0.117. The van der Waals surface area contributed by atoms with E-state index in [-0.39, 0.29) is 24.4 Å². The summed E-state index contributed by atoms with van der Waals surface area (Å²) in [5, 5.41) is 5.55. The van der Waals surface area contributed by atoms with Crippen molar-refractivity contribution in [1.29, 1.82) is 0 Å². The van der Waals surface area contributed by atoms with E-state index in [9.17, 15) is 14.0 Å². The minimum absolute atomic E-state index is 0.131. The SMILES string of the molecule is O=C(NCc1ccccc1)N[C@@H]1CC(=O)N(c2cccc(F)c2)C1. The Bertz CT molecular complexity index is 736. The van der Waals surface area contributed by atoms with Gasteiger partial charge in [-0.1, -0.05) is 36.4 Å². The van der Waals surface area contributed by atoms with Crippen LogP contribution in [0, 0.1) is 5.82 Å². The fraction of sp³-hybridized carbons (Fsp3) is 0.222. The van der Waals surface area contributed by atoms with Crippen molar-refractivity contribution in [2.75, 3.05) is 11.4 Å². The summed E-state index contributed by atoms with van der Waals surface area (Å²) >= 11 is 0. The van der Waals surface area contributed by atoms with E-state index in [1.165, 1.54) is 17.0 Å². The summed E-state index contributed by atoms with van der Waals surface area (Å²) < 4.78 is 13.3. The summed E-state index contributed by atoms with van der Waals surface area (Å²) in [5.74, 6) is -0.522. The highest BCUT2D eigenvalue weighted by Crippen LogP contribution is 2.22. The van der Waals surface area contributed by atoms with Crippen LogP contribution in [0.1, 0.15) is 12.0 Å². The van der Waals surface area contributed by atoms with Gasteiger partial charge in [0.15, 0.2) is 0 Å². The zero-order chi connectivity index (χ0) is 16.9. The molecule has 5 nitrogen and oxygen atoms in total. The molecule has 2 N–H and O–H groups in total. The maximum atomic E-state index is 13.3. The first-order valence-corrected chi connectivity index (χ1v) is 7.76. The number of nitrogens with zero attached hydrogens (tertiary/aromatic N) is 1. The number of hydrogen-bond acceptors (Lipinski definition) is 2. The molecular formula is C18H18FN3O2. The molecule has 24 heavy (non-hydrogen) atoms. The van der Waals surface area contributed by atoms with Crippen LogP contribution in [-0.4, -0.2) is 24.5 Å². The Kier molecular flexibility index (Phi) is 4.74. The molecule has 0 bridgehead atoms. The lowest BCUT2D eigenvalue weighted by Gasteiger charge is -2.17. The second kappa shape index (κ2) is 7.12. The molecule has 0 spiro atoms. The fourth-order valence-electron chi connectivity index (χ4n) is 2.71. The third-order valence-corrected chi connectivity index (χ3v) is 3.88. The molecule has 1 aliphatic rings. The first-order valence-electron chi connectivity index (χ1n) is 7.76. The van der Waals surface area contributed by atoms with E-state index in [0.29, 0.717) is 18.8 Å². The lowest BCUT2D eigenvalue weighted by atomic mass is 10.2. The summed E-state index contributed by atoms with van der Waals surface area (Å²) in [4.78, 5) is 25.5. The molecular weight excluding hydrogens is 309 g/mol. The number of hydrogen-bond donors (Lipinski definition) is 2. The predicted molar refractivity (Wildman–Crippen MR) is 89.0 cm³/mol. The van der Waals surface area contributed by atoms with Gasteiger partial charge in [-0.25, -0.2) is 9.18 Å². The van der Waals surface area contributed by atoms with Gasteiger partial charge in [0.25, 0.3) is 0 Å². The van der Waals surface area contributed by atoms with Gasteiger partial charge >= 0.3 is 6.03 Å². The van der Waals surface area contributed by atoms with Crippen LogP contribution in [0.4, 0.5) is 14.9 Å². The highest BCUT2D eigenvalue weighted by Gasteiger charge is 2.31. The predicted octanol–water partition coefficient (Wildman–Crippen LogP) is 2.43. The van der Waals surface area contributed by atoms with Gasteiger partial charge in [0.2, 0.25) is 5.91 Å². The van der Waals surface area contributed by atoms with Crippen molar-refractivity contribution in [3.8, 4) is 0 Å². The number of halogens is 1. The molecule has 1 aliphatic heterocycles. The average molecular weight is 327 g/mol. The highest BCUT2D eigenvalue weighted by atomic mass is 19.1. The standard InChI is InChI=1S/C18H18FN3O2/c19-14-7-4-8-16(9-14)22-12-15(10-17(22)23)21-18(24)20-11-13-5-2-1-3-6-13/h1-9,15H,10-12H2,(H2,20,21,24)/t15-/m1/s1. The molecule has 3 amide bonds. The Labute approximate surface area is 139 Å². The number of anilines is 1. The molecule has 0 aromatic heterocycles. The highest BCUT2D eigenvalue weighted by molar-refractivity contribution is 5.96. The van der Waals surface area contributed by atoms with Crippen LogP contribution in [0.5, 0.6) is 0 Å². The van der Waals surface area contributed by atoms with Gasteiger partial charge in [0.1, 0.15) is 5.82 Å². The molecule has 1 fully saturated rings. The number of carbonyl (C=O) groups excluding carboxylic acids is 2. The molecule has 3 rings (SSSR count). The van der Waals surface area contributed by atoms with E-state index in [2.05, 4.69) is 10.6 Å². The third kappa shape index (κ3) is 3.90. The largest absolute Gasteiger partial charge is 0.334 e. The number of urea groups is 1. The van der Waals surface area contributed by atoms with Crippen molar-refractivity contribution in [2.24, 2.45) is 0 Å². The molecule has 2 aromatic carbocycles. The van der Waals surface area contributed by atoms with Crippen molar-refractivity contribution >= 4 is 17.6 Å². The maximum Gasteiger partial charge on any atom is 0.315 e. The summed E-state index contributed by atoms with van der Waals surface area (Å²) in [6, 6.07) is 14.8.